The van der Waals surface area contributed by atoms with Crippen molar-refractivity contribution in [1.29, 1.82) is 0 Å². The Morgan fingerprint density at radius 2 is 1.69 bits per heavy atom. The van der Waals surface area contributed by atoms with Crippen molar-refractivity contribution in [2.75, 3.05) is 6.61 Å². The first-order valence-electron chi connectivity index (χ1n) is 17.8. The molecule has 2 aliphatic heterocycles. The molecule has 3 aromatic carbocycles. The Kier molecular flexibility index (Phi) is 8.15. The number of hydrogen-bond donors (Lipinski definition) is 2. The van der Waals surface area contributed by atoms with Crippen LogP contribution in [0.2, 0.25) is 0 Å². The van der Waals surface area contributed by atoms with Crippen molar-refractivity contribution in [2.24, 2.45) is 29.1 Å². The summed E-state index contributed by atoms with van der Waals surface area (Å²) in [5.41, 5.74) is 6.34. The maximum Gasteiger partial charge on any atom is 0.340 e. The first-order chi connectivity index (χ1) is 23.9. The third-order valence-corrected chi connectivity index (χ3v) is 11.6. The molecule has 49 heavy (non-hydrogen) atoms. The number of carbonyl (C=O) groups excluding carboxylic acids is 2. The first-order valence-corrected chi connectivity index (χ1v) is 17.8. The normalized spacial score (nSPS) is 27.7. The molecular formula is C43H42O6. The molecule has 4 aliphatic carbocycles. The van der Waals surface area contributed by atoms with E-state index in [-0.39, 0.29) is 48.0 Å². The van der Waals surface area contributed by atoms with Gasteiger partial charge in [-0.2, -0.15) is 0 Å². The van der Waals surface area contributed by atoms with Crippen LogP contribution in [-0.4, -0.2) is 28.8 Å². The molecular weight excluding hydrogens is 612 g/mol. The first kappa shape index (κ1) is 31.6. The summed E-state index contributed by atoms with van der Waals surface area (Å²) in [5, 5.41) is 21.1. The molecule has 6 aliphatic rings. The van der Waals surface area contributed by atoms with Crippen LogP contribution in [0.3, 0.4) is 0 Å². The number of cyclic esters (lactones) is 2. The molecule has 0 radical (unpaired) electrons. The Labute approximate surface area is 287 Å². The van der Waals surface area contributed by atoms with Crippen LogP contribution in [-0.2, 0) is 25.5 Å². The number of aliphatic hydroxyl groups excluding tert-OH is 1. The van der Waals surface area contributed by atoms with Crippen LogP contribution in [0.1, 0.15) is 63.0 Å². The largest absolute Gasteiger partial charge is 0.508 e. The van der Waals surface area contributed by atoms with Gasteiger partial charge >= 0.3 is 11.9 Å². The fraction of sp³-hybridized carbons (Fsp3) is 0.349. The van der Waals surface area contributed by atoms with E-state index >= 15 is 0 Å². The predicted octanol–water partition coefficient (Wildman–Crippen LogP) is 8.47. The number of esters is 2. The van der Waals surface area contributed by atoms with E-state index in [9.17, 15) is 19.8 Å². The summed E-state index contributed by atoms with van der Waals surface area (Å²) in [5.74, 6) is 0.473. The van der Waals surface area contributed by atoms with Crippen LogP contribution in [0.25, 0.3) is 16.7 Å². The van der Waals surface area contributed by atoms with E-state index in [2.05, 4.69) is 37.3 Å². The lowest BCUT2D eigenvalue weighted by molar-refractivity contribution is -0.135. The Balaban J connectivity index is 1.37. The molecule has 3 aromatic rings. The molecule has 5 atom stereocenters. The minimum Gasteiger partial charge on any atom is -0.508 e. The molecule has 6 nitrogen and oxygen atoms in total. The number of aromatic hydroxyl groups is 1. The highest BCUT2D eigenvalue weighted by molar-refractivity contribution is 6.07. The van der Waals surface area contributed by atoms with Gasteiger partial charge in [-0.3, -0.25) is 0 Å². The number of rotatable bonds is 9. The maximum atomic E-state index is 14.5. The fourth-order valence-corrected chi connectivity index (χ4v) is 9.66. The summed E-state index contributed by atoms with van der Waals surface area (Å²) >= 11 is 0. The van der Waals surface area contributed by atoms with Crippen LogP contribution in [0, 0.1) is 29.1 Å². The van der Waals surface area contributed by atoms with Crippen molar-refractivity contribution in [2.45, 2.75) is 58.3 Å². The minimum absolute atomic E-state index is 0.00103. The lowest BCUT2D eigenvalue weighted by atomic mass is 9.44. The zero-order valence-corrected chi connectivity index (χ0v) is 27.9. The summed E-state index contributed by atoms with van der Waals surface area (Å²) < 4.78 is 12.4. The molecule has 0 amide bonds. The molecule has 250 valence electrons. The second-order valence-electron chi connectivity index (χ2n) is 14.2. The van der Waals surface area contributed by atoms with E-state index in [1.165, 1.54) is 0 Å². The van der Waals surface area contributed by atoms with Gasteiger partial charge in [0.15, 0.2) is 0 Å². The highest BCUT2D eigenvalue weighted by atomic mass is 16.5. The zero-order valence-electron chi connectivity index (χ0n) is 27.9. The van der Waals surface area contributed by atoms with E-state index in [0.717, 1.165) is 65.5 Å². The molecule has 2 bridgehead atoms. The molecule has 1 spiro atoms. The van der Waals surface area contributed by atoms with Gasteiger partial charge in [-0.15, -0.1) is 0 Å². The highest BCUT2D eigenvalue weighted by Gasteiger charge is 2.68. The van der Waals surface area contributed by atoms with Gasteiger partial charge in [0.1, 0.15) is 17.3 Å². The number of aliphatic hydroxyl groups is 1. The van der Waals surface area contributed by atoms with Gasteiger partial charge < -0.3 is 19.7 Å². The van der Waals surface area contributed by atoms with E-state index in [1.54, 1.807) is 12.1 Å². The monoisotopic (exact) mass is 654 g/mol. The summed E-state index contributed by atoms with van der Waals surface area (Å²) in [4.78, 5) is 28.4. The molecule has 9 rings (SSSR count). The summed E-state index contributed by atoms with van der Waals surface area (Å²) in [6, 6.07) is 25.7. The molecule has 2 heterocycles. The summed E-state index contributed by atoms with van der Waals surface area (Å²) in [7, 11) is 0. The molecule has 2 N–H and O–H groups in total. The van der Waals surface area contributed by atoms with E-state index < -0.39 is 5.41 Å². The smallest absolute Gasteiger partial charge is 0.340 e. The maximum absolute atomic E-state index is 14.5. The summed E-state index contributed by atoms with van der Waals surface area (Å²) in [6.45, 7) is 2.11. The standard InChI is InChI=1S/C43H42O6/c1-2-3-14-35-33-18-17-32-31-19-21-43(39(32)38(33)41(46)48-35)36(24-27(20-22-44)23-26-10-6-4-7-11-26)49-42(47)40(43)37(31)34-25-29(45)15-16-30(34)28-12-8-5-9-13-28/h4-16,24-25,27,31-32,39,44-45H,2-3,17-23H2,1H3. The molecule has 5 unspecified atom stereocenters. The lowest BCUT2D eigenvalue weighted by Crippen LogP contribution is -2.52. The number of phenolic OH excluding ortho intramolecular Hbond substituents is 1. The number of ether oxygens (including phenoxy) is 2. The molecule has 6 heteroatoms. The van der Waals surface area contributed by atoms with Crippen molar-refractivity contribution < 1.29 is 29.3 Å². The molecule has 1 saturated heterocycles. The number of carbonyl (C=O) groups is 2. The summed E-state index contributed by atoms with van der Waals surface area (Å²) in [6.07, 6.45) is 10.2. The van der Waals surface area contributed by atoms with Crippen LogP contribution in [0.5, 0.6) is 5.75 Å². The number of fused-ring (bicyclic) bond motifs is 1. The number of phenols is 1. The predicted molar refractivity (Wildman–Crippen MR) is 187 cm³/mol. The van der Waals surface area contributed by atoms with Crippen molar-refractivity contribution in [3.05, 3.63) is 130 Å². The fourth-order valence-electron chi connectivity index (χ4n) is 9.66. The zero-order chi connectivity index (χ0) is 33.7. The topological polar surface area (TPSA) is 93.1 Å². The van der Waals surface area contributed by atoms with Crippen molar-refractivity contribution in [1.82, 2.24) is 0 Å². The quantitative estimate of drug-likeness (QED) is 0.225. The van der Waals surface area contributed by atoms with Gasteiger partial charge in [-0.05, 0) is 115 Å². The lowest BCUT2D eigenvalue weighted by Gasteiger charge is -2.56. The van der Waals surface area contributed by atoms with Gasteiger partial charge in [0.05, 0.1) is 11.0 Å². The minimum atomic E-state index is -0.865. The van der Waals surface area contributed by atoms with Gasteiger partial charge in [-0.25, -0.2) is 9.59 Å². The number of benzene rings is 3. The van der Waals surface area contributed by atoms with Crippen molar-refractivity contribution in [3.63, 3.8) is 0 Å². The Bertz CT molecular complexity index is 1930. The number of unbranched alkanes of at least 4 members (excludes halogenated alkanes) is 1. The van der Waals surface area contributed by atoms with Crippen molar-refractivity contribution in [3.8, 4) is 16.9 Å². The number of hydrogen-bond acceptors (Lipinski definition) is 6. The Hall–Kier alpha value is -4.68. The average Bonchev–Trinajstić information content (AvgIpc) is 3.60. The van der Waals surface area contributed by atoms with E-state index in [0.29, 0.717) is 41.9 Å². The molecule has 1 saturated carbocycles. The van der Waals surface area contributed by atoms with Crippen LogP contribution in [0.15, 0.2) is 119 Å². The van der Waals surface area contributed by atoms with Crippen LogP contribution >= 0.6 is 0 Å². The van der Waals surface area contributed by atoms with E-state index in [1.807, 2.05) is 48.5 Å². The van der Waals surface area contributed by atoms with Gasteiger partial charge in [0, 0.05) is 23.7 Å². The second-order valence-corrected chi connectivity index (χ2v) is 14.2. The van der Waals surface area contributed by atoms with Gasteiger partial charge in [0.25, 0.3) is 0 Å². The van der Waals surface area contributed by atoms with Crippen molar-refractivity contribution >= 4 is 17.5 Å². The average molecular weight is 655 g/mol. The SMILES string of the molecule is CCCC=C1OC(=O)C2=C1CCC1C3CCC4(C(=CC(CCO)Cc5ccccc5)OC(=O)C4=C3c3cc(O)ccc3-c3ccccc3)C21. The second kappa shape index (κ2) is 12.6. The third-order valence-electron chi connectivity index (χ3n) is 11.6. The molecule has 2 fully saturated rings. The Morgan fingerprint density at radius 1 is 0.918 bits per heavy atom. The van der Waals surface area contributed by atoms with Gasteiger partial charge in [-0.1, -0.05) is 80.1 Å². The Morgan fingerprint density at radius 3 is 2.45 bits per heavy atom. The van der Waals surface area contributed by atoms with Crippen LogP contribution < -0.4 is 0 Å². The molecule has 0 aromatic heterocycles. The third kappa shape index (κ3) is 5.11. The van der Waals surface area contributed by atoms with Crippen LogP contribution in [0.4, 0.5) is 0 Å². The number of allylic oxidation sites excluding steroid dienone is 5. The van der Waals surface area contributed by atoms with E-state index in [4.69, 9.17) is 9.47 Å². The highest BCUT2D eigenvalue weighted by Crippen LogP contribution is 2.72. The van der Waals surface area contributed by atoms with Gasteiger partial charge in [0.2, 0.25) is 0 Å².